The van der Waals surface area contributed by atoms with Gasteiger partial charge < -0.3 is 10.2 Å². The fraction of sp³-hybridized carbons (Fsp3) is 0.583. The Hall–Kier alpha value is -0.870. The number of amides is 1. The number of rotatable bonds is 4. The molecular weight excluding hydrogens is 220 g/mol. The van der Waals surface area contributed by atoms with E-state index < -0.39 is 0 Å². The highest BCUT2D eigenvalue weighted by atomic mass is 32.1. The smallest absolute Gasteiger partial charge is 0.240 e. The third-order valence-corrected chi connectivity index (χ3v) is 3.88. The van der Waals surface area contributed by atoms with Gasteiger partial charge in [-0.1, -0.05) is 6.92 Å². The van der Waals surface area contributed by atoms with Crippen molar-refractivity contribution in [2.75, 3.05) is 13.1 Å². The molecule has 1 aromatic rings. The summed E-state index contributed by atoms with van der Waals surface area (Å²) in [5, 5.41) is 7.42. The maximum absolute atomic E-state index is 12.1. The van der Waals surface area contributed by atoms with Crippen molar-refractivity contribution in [3.05, 3.63) is 22.4 Å². The first-order chi connectivity index (χ1) is 7.74. The topological polar surface area (TPSA) is 32.3 Å². The highest BCUT2D eigenvalue weighted by molar-refractivity contribution is 7.07. The molecule has 0 aliphatic carbocycles. The predicted molar refractivity (Wildman–Crippen MR) is 66.5 cm³/mol. The van der Waals surface area contributed by atoms with Crippen molar-refractivity contribution in [1.29, 1.82) is 0 Å². The zero-order chi connectivity index (χ0) is 11.5. The lowest BCUT2D eigenvalue weighted by atomic mass is 10.1. The first-order valence-electron chi connectivity index (χ1n) is 5.80. The van der Waals surface area contributed by atoms with Gasteiger partial charge in [-0.15, -0.1) is 0 Å². The second-order valence-corrected chi connectivity index (χ2v) is 4.94. The van der Waals surface area contributed by atoms with E-state index in [9.17, 15) is 4.79 Å². The van der Waals surface area contributed by atoms with Crippen LogP contribution in [0, 0.1) is 0 Å². The molecule has 1 fully saturated rings. The van der Waals surface area contributed by atoms with Crippen molar-refractivity contribution >= 4 is 17.2 Å². The minimum absolute atomic E-state index is 0.0334. The molecule has 4 heteroatoms. The average Bonchev–Trinajstić information content (AvgIpc) is 2.89. The Bertz CT molecular complexity index is 350. The summed E-state index contributed by atoms with van der Waals surface area (Å²) in [6.45, 7) is 5.87. The molecule has 0 bridgehead atoms. The number of hydrogen-bond acceptors (Lipinski definition) is 3. The molecule has 1 aromatic heterocycles. The van der Waals surface area contributed by atoms with Crippen LogP contribution in [0.5, 0.6) is 0 Å². The van der Waals surface area contributed by atoms with E-state index in [0.717, 1.165) is 19.5 Å². The van der Waals surface area contributed by atoms with Gasteiger partial charge in [-0.25, -0.2) is 0 Å². The van der Waals surface area contributed by atoms with Crippen molar-refractivity contribution in [2.45, 2.75) is 32.4 Å². The molecule has 2 unspecified atom stereocenters. The van der Waals surface area contributed by atoms with E-state index >= 15 is 0 Å². The van der Waals surface area contributed by atoms with Crippen molar-refractivity contribution in [2.24, 2.45) is 0 Å². The summed E-state index contributed by atoms with van der Waals surface area (Å²) in [6, 6.07) is 2.34. The van der Waals surface area contributed by atoms with Gasteiger partial charge in [0.05, 0.1) is 12.1 Å². The monoisotopic (exact) mass is 238 g/mol. The molecule has 0 aromatic carbocycles. The van der Waals surface area contributed by atoms with E-state index in [4.69, 9.17) is 0 Å². The lowest BCUT2D eigenvalue weighted by molar-refractivity contribution is -0.131. The fourth-order valence-electron chi connectivity index (χ4n) is 2.21. The van der Waals surface area contributed by atoms with Gasteiger partial charge in [0.15, 0.2) is 0 Å². The number of likely N-dealkylation sites (N-methyl/N-ethyl adjacent to an activating group) is 1. The molecule has 16 heavy (non-hydrogen) atoms. The molecule has 1 saturated heterocycles. The van der Waals surface area contributed by atoms with Gasteiger partial charge in [-0.05, 0) is 42.3 Å². The third-order valence-electron chi connectivity index (χ3n) is 3.18. The van der Waals surface area contributed by atoms with E-state index in [1.54, 1.807) is 11.3 Å². The lowest BCUT2D eigenvalue weighted by Gasteiger charge is -2.24. The molecule has 1 aliphatic rings. The highest BCUT2D eigenvalue weighted by Gasteiger charge is 2.34. The summed E-state index contributed by atoms with van der Waals surface area (Å²) < 4.78 is 0. The van der Waals surface area contributed by atoms with Crippen LogP contribution < -0.4 is 5.32 Å². The van der Waals surface area contributed by atoms with Crippen LogP contribution in [-0.2, 0) is 4.79 Å². The largest absolute Gasteiger partial charge is 0.334 e. The summed E-state index contributed by atoms with van der Waals surface area (Å²) in [4.78, 5) is 14.1. The van der Waals surface area contributed by atoms with Gasteiger partial charge in [0.2, 0.25) is 5.91 Å². The van der Waals surface area contributed by atoms with Gasteiger partial charge in [-0.2, -0.15) is 11.3 Å². The van der Waals surface area contributed by atoms with E-state index in [0.29, 0.717) is 0 Å². The number of carbonyl (C=O) groups excluding carboxylic acids is 1. The summed E-state index contributed by atoms with van der Waals surface area (Å²) in [6.07, 6.45) is 0.932. The zero-order valence-electron chi connectivity index (χ0n) is 9.77. The summed E-state index contributed by atoms with van der Waals surface area (Å²) in [5.41, 5.74) is 1.25. The Balaban J connectivity index is 2.04. The Kier molecular flexibility index (Phi) is 3.61. The molecular formula is C12H18N2OS. The second kappa shape index (κ2) is 4.97. The van der Waals surface area contributed by atoms with Gasteiger partial charge in [-0.3, -0.25) is 4.79 Å². The number of nitrogens with one attached hydrogen (secondary N) is 1. The molecule has 1 N–H and O–H groups in total. The Labute approximate surface area is 100 Å². The summed E-state index contributed by atoms with van der Waals surface area (Å²) >= 11 is 1.69. The van der Waals surface area contributed by atoms with E-state index in [1.807, 2.05) is 11.8 Å². The van der Waals surface area contributed by atoms with Crippen LogP contribution in [-0.4, -0.2) is 29.9 Å². The molecule has 2 rings (SSSR count). The Morgan fingerprint density at radius 1 is 1.69 bits per heavy atom. The molecule has 0 saturated carbocycles. The maximum Gasteiger partial charge on any atom is 0.240 e. The van der Waals surface area contributed by atoms with Gasteiger partial charge in [0.25, 0.3) is 0 Å². The van der Waals surface area contributed by atoms with E-state index in [2.05, 4.69) is 29.1 Å². The molecule has 1 aliphatic heterocycles. The van der Waals surface area contributed by atoms with Gasteiger partial charge in [0.1, 0.15) is 0 Å². The van der Waals surface area contributed by atoms with Crippen LogP contribution >= 0.6 is 11.3 Å². The van der Waals surface area contributed by atoms with Crippen molar-refractivity contribution in [3.8, 4) is 0 Å². The molecule has 0 spiro atoms. The van der Waals surface area contributed by atoms with Crippen LogP contribution in [0.1, 0.15) is 31.9 Å². The van der Waals surface area contributed by atoms with Crippen LogP contribution in [0.4, 0.5) is 0 Å². The van der Waals surface area contributed by atoms with Crippen LogP contribution in [0.25, 0.3) is 0 Å². The first kappa shape index (κ1) is 11.6. The average molecular weight is 238 g/mol. The minimum Gasteiger partial charge on any atom is -0.334 e. The van der Waals surface area contributed by atoms with Crippen molar-refractivity contribution in [1.82, 2.24) is 10.2 Å². The van der Waals surface area contributed by atoms with Crippen LogP contribution in [0.3, 0.4) is 0 Å². The normalized spacial score (nSPS) is 22.8. The number of carbonyl (C=O) groups is 1. The first-order valence-corrected chi connectivity index (χ1v) is 6.74. The Morgan fingerprint density at radius 2 is 2.50 bits per heavy atom. The van der Waals surface area contributed by atoms with E-state index in [-0.39, 0.29) is 18.0 Å². The fourth-order valence-corrected chi connectivity index (χ4v) is 2.96. The second-order valence-electron chi connectivity index (χ2n) is 4.16. The van der Waals surface area contributed by atoms with Crippen LogP contribution in [0.15, 0.2) is 16.8 Å². The van der Waals surface area contributed by atoms with Crippen molar-refractivity contribution in [3.63, 3.8) is 0 Å². The summed E-state index contributed by atoms with van der Waals surface area (Å²) in [5.74, 6) is 0.251. The number of nitrogens with zero attached hydrogens (tertiary/aromatic N) is 1. The maximum atomic E-state index is 12.1. The van der Waals surface area contributed by atoms with Gasteiger partial charge in [0, 0.05) is 6.54 Å². The molecule has 3 nitrogen and oxygen atoms in total. The summed E-state index contributed by atoms with van der Waals surface area (Å²) in [7, 11) is 0. The molecule has 88 valence electrons. The zero-order valence-corrected chi connectivity index (χ0v) is 10.6. The lowest BCUT2D eigenvalue weighted by Crippen LogP contribution is -2.39. The van der Waals surface area contributed by atoms with Gasteiger partial charge >= 0.3 is 0 Å². The van der Waals surface area contributed by atoms with Crippen molar-refractivity contribution < 1.29 is 4.79 Å². The molecule has 0 radical (unpaired) electrons. The molecule has 2 heterocycles. The molecule has 1 amide bonds. The van der Waals surface area contributed by atoms with Crippen LogP contribution in [0.2, 0.25) is 0 Å². The molecule has 2 atom stereocenters. The Morgan fingerprint density at radius 3 is 3.12 bits per heavy atom. The minimum atomic E-state index is 0.0334. The number of thiophene rings is 1. The highest BCUT2D eigenvalue weighted by Crippen LogP contribution is 2.26. The third kappa shape index (κ3) is 2.13. The van der Waals surface area contributed by atoms with E-state index in [1.165, 1.54) is 5.56 Å². The number of likely N-dealkylation sites (tertiary alicyclic amines) is 1. The quantitative estimate of drug-likeness (QED) is 0.870. The predicted octanol–water partition coefficient (Wildman–Crippen LogP) is 2.02. The number of hydrogen-bond donors (Lipinski definition) is 1. The standard InChI is InChI=1S/C12H18N2OS/c1-3-13-11-4-6-14(12(11)15)9(2)10-5-7-16-8-10/h5,7-9,11,13H,3-4,6H2,1-2H3. The SMILES string of the molecule is CCNC1CCN(C(C)c2ccsc2)C1=O.